The molecule has 2 atom stereocenters. The van der Waals surface area contributed by atoms with E-state index in [0.717, 1.165) is 72.3 Å². The summed E-state index contributed by atoms with van der Waals surface area (Å²) in [5.74, 6) is 0.491. The summed E-state index contributed by atoms with van der Waals surface area (Å²) in [4.78, 5) is 64.4. The summed E-state index contributed by atoms with van der Waals surface area (Å²) >= 11 is 0. The van der Waals surface area contributed by atoms with Crippen molar-refractivity contribution in [1.29, 1.82) is 0 Å². The van der Waals surface area contributed by atoms with Crippen LogP contribution in [0.3, 0.4) is 0 Å². The monoisotopic (exact) mass is 744 g/mol. The van der Waals surface area contributed by atoms with E-state index in [1.807, 2.05) is 32.1 Å². The molecule has 3 aliphatic rings. The van der Waals surface area contributed by atoms with E-state index < -0.39 is 12.2 Å². The number of aromatic nitrogens is 3. The average Bonchev–Trinajstić information content (AvgIpc) is 4.01. The van der Waals surface area contributed by atoms with E-state index in [9.17, 15) is 19.2 Å². The van der Waals surface area contributed by atoms with E-state index in [1.165, 1.54) is 31.2 Å². The summed E-state index contributed by atoms with van der Waals surface area (Å²) in [6.07, 6.45) is 14.6. The Labute approximate surface area is 318 Å². The van der Waals surface area contributed by atoms with Crippen molar-refractivity contribution < 1.29 is 28.7 Å². The lowest BCUT2D eigenvalue weighted by molar-refractivity contribution is -0.131. The van der Waals surface area contributed by atoms with Crippen LogP contribution in [0.2, 0.25) is 0 Å². The number of urea groups is 1. The number of nitrogens with one attached hydrogen (secondary N) is 4. The predicted molar refractivity (Wildman–Crippen MR) is 209 cm³/mol. The minimum absolute atomic E-state index is 0.124. The first-order valence-electron chi connectivity index (χ1n) is 18.7. The molecule has 0 bridgehead atoms. The highest BCUT2D eigenvalue weighted by atomic mass is 16.5. The minimum atomic E-state index is -0.683. The number of rotatable bonds is 10. The number of amides is 5. The molecule has 4 N–H and O–H groups in total. The lowest BCUT2D eigenvalue weighted by Crippen LogP contribution is -2.54. The van der Waals surface area contributed by atoms with Crippen LogP contribution in [0.4, 0.5) is 14.4 Å². The Morgan fingerprint density at radius 2 is 1.61 bits per heavy atom. The third kappa shape index (κ3) is 10.3. The number of likely N-dealkylation sites (tertiary alicyclic amines) is 2. The number of ether oxygens (including phenoxy) is 2. The zero-order chi connectivity index (χ0) is 39.4. The number of nitrogens with zero attached hydrogens (tertiary/aromatic N) is 4. The molecular weight excluding hydrogens is 688 g/mol. The van der Waals surface area contributed by atoms with E-state index in [2.05, 4.69) is 75.7 Å². The number of allylic oxidation sites excluding steroid dienone is 8. The van der Waals surface area contributed by atoms with Crippen molar-refractivity contribution >= 4 is 35.3 Å². The number of hydrogen-bond acceptors (Lipinski definition) is 7. The van der Waals surface area contributed by atoms with Gasteiger partial charge in [0.25, 0.3) is 0 Å². The molecule has 292 valence electrons. The van der Waals surface area contributed by atoms with Crippen LogP contribution < -0.4 is 10.7 Å². The van der Waals surface area contributed by atoms with Crippen LogP contribution in [0.1, 0.15) is 108 Å². The van der Waals surface area contributed by atoms with Crippen molar-refractivity contribution in [1.82, 2.24) is 40.5 Å². The van der Waals surface area contributed by atoms with E-state index in [1.54, 1.807) is 16.0 Å². The second-order valence-electron chi connectivity index (χ2n) is 13.8. The van der Waals surface area contributed by atoms with Crippen molar-refractivity contribution in [3.05, 3.63) is 89.8 Å². The standard InChI is InChI=1S/C37H48N8O6.C3H8/c1-23(2)45(42-36(48)51-6)37(49)44-20-7-9-31(44)29-18-17-28(40-29)27-15-13-26(14-16-27)24(3)11-12-25(4)30-21-38-34(41-30)32-10-8-19-43(32)33(46)22-39-35(47)50-5;1-3-2/h11-13,15,17-18,21,23,31-32,40H,3-4,7-10,14,16,19-20,22H2,1-2,5-6H3,(H,38,41)(H,39,47)(H,42,48);3H2,1-2H3/b12-11-;. The van der Waals surface area contributed by atoms with Crippen molar-refractivity contribution in [3.8, 4) is 0 Å². The number of H-pyrrole nitrogens is 2. The molecule has 0 aromatic carbocycles. The predicted octanol–water partition coefficient (Wildman–Crippen LogP) is 7.34. The van der Waals surface area contributed by atoms with Crippen LogP contribution >= 0.6 is 0 Å². The molecule has 2 aromatic rings. The highest BCUT2D eigenvalue weighted by molar-refractivity contribution is 5.83. The van der Waals surface area contributed by atoms with Crippen LogP contribution in [0.25, 0.3) is 11.1 Å². The van der Waals surface area contributed by atoms with Gasteiger partial charge in [0.15, 0.2) is 0 Å². The zero-order valence-electron chi connectivity index (χ0n) is 32.5. The molecule has 2 aliphatic heterocycles. The Bertz CT molecular complexity index is 1770. The topological polar surface area (TPSA) is 165 Å². The number of imidazole rings is 1. The number of aromatic amines is 2. The molecule has 5 rings (SSSR count). The molecule has 2 aromatic heterocycles. The van der Waals surface area contributed by atoms with Gasteiger partial charge in [0.05, 0.1) is 38.2 Å². The van der Waals surface area contributed by atoms with Gasteiger partial charge >= 0.3 is 18.2 Å². The molecule has 2 unspecified atom stereocenters. The lowest BCUT2D eigenvalue weighted by atomic mass is 9.92. The number of alkyl carbamates (subject to hydrolysis) is 1. The molecule has 4 heterocycles. The Balaban J connectivity index is 0.00000209. The molecule has 0 spiro atoms. The van der Waals surface area contributed by atoms with Gasteiger partial charge in [-0.15, -0.1) is 0 Å². The largest absolute Gasteiger partial charge is 0.453 e. The summed E-state index contributed by atoms with van der Waals surface area (Å²) < 4.78 is 9.27. The summed E-state index contributed by atoms with van der Waals surface area (Å²) in [6.45, 7) is 17.5. The van der Waals surface area contributed by atoms with Crippen molar-refractivity contribution in [3.63, 3.8) is 0 Å². The summed E-state index contributed by atoms with van der Waals surface area (Å²) in [5.41, 5.74) is 9.19. The molecule has 2 saturated heterocycles. The summed E-state index contributed by atoms with van der Waals surface area (Å²) in [5, 5.41) is 3.76. The Morgan fingerprint density at radius 3 is 2.26 bits per heavy atom. The van der Waals surface area contributed by atoms with Crippen LogP contribution in [0.15, 0.2) is 66.9 Å². The average molecular weight is 745 g/mol. The van der Waals surface area contributed by atoms with Gasteiger partial charge in [0.2, 0.25) is 5.91 Å². The number of carbonyl (C=O) groups is 4. The van der Waals surface area contributed by atoms with E-state index in [0.29, 0.717) is 18.9 Å². The highest BCUT2D eigenvalue weighted by Crippen LogP contribution is 2.36. The number of carbonyl (C=O) groups excluding carboxylic acids is 4. The third-order valence-electron chi connectivity index (χ3n) is 9.48. The first kappa shape index (κ1) is 41.2. The molecular formula is C40H56N8O6. The Morgan fingerprint density at radius 1 is 0.944 bits per heavy atom. The van der Waals surface area contributed by atoms with Crippen LogP contribution in [0.5, 0.6) is 0 Å². The first-order valence-corrected chi connectivity index (χ1v) is 18.7. The van der Waals surface area contributed by atoms with Crippen molar-refractivity contribution in [2.24, 2.45) is 0 Å². The SMILES string of the molecule is C=C(/C=C\C(=C)c1cnc(C2CCCN2C(=O)CNC(=O)OC)[nH]1)C1=CC=C(c2ccc(C3CCCN3C(=O)N(NC(=O)OC)C(C)C)[nH]2)CC1.CCC. The quantitative estimate of drug-likeness (QED) is 0.146. The zero-order valence-corrected chi connectivity index (χ0v) is 32.5. The molecule has 0 saturated carbocycles. The van der Waals surface area contributed by atoms with Gasteiger partial charge in [-0.25, -0.2) is 29.8 Å². The second kappa shape index (κ2) is 19.5. The maximum absolute atomic E-state index is 13.4. The molecule has 0 radical (unpaired) electrons. The highest BCUT2D eigenvalue weighted by Gasteiger charge is 2.36. The third-order valence-corrected chi connectivity index (χ3v) is 9.48. The first-order chi connectivity index (χ1) is 25.9. The summed E-state index contributed by atoms with van der Waals surface area (Å²) in [6, 6.07) is 3.26. The molecule has 5 amide bonds. The van der Waals surface area contributed by atoms with Gasteiger partial charge in [-0.05, 0) is 86.8 Å². The van der Waals surface area contributed by atoms with E-state index in [-0.39, 0.29) is 36.6 Å². The van der Waals surface area contributed by atoms with E-state index in [4.69, 9.17) is 4.74 Å². The van der Waals surface area contributed by atoms with Gasteiger partial charge in [-0.2, -0.15) is 0 Å². The van der Waals surface area contributed by atoms with Gasteiger partial charge in [-0.1, -0.05) is 57.7 Å². The van der Waals surface area contributed by atoms with Crippen molar-refractivity contribution in [2.45, 2.75) is 90.8 Å². The molecule has 14 heteroatoms. The Kier molecular flexibility index (Phi) is 14.9. The summed E-state index contributed by atoms with van der Waals surface area (Å²) in [7, 11) is 2.53. The van der Waals surface area contributed by atoms with Crippen LogP contribution in [-0.4, -0.2) is 93.8 Å². The van der Waals surface area contributed by atoms with Crippen LogP contribution in [0, 0.1) is 0 Å². The fourth-order valence-electron chi connectivity index (χ4n) is 6.66. The van der Waals surface area contributed by atoms with Crippen LogP contribution in [-0.2, 0) is 14.3 Å². The second-order valence-corrected chi connectivity index (χ2v) is 13.8. The van der Waals surface area contributed by atoms with Gasteiger partial charge in [0.1, 0.15) is 12.4 Å². The number of methoxy groups -OCH3 is 2. The van der Waals surface area contributed by atoms with Gasteiger partial charge in [-0.3, -0.25) is 4.79 Å². The smallest absolute Gasteiger partial charge is 0.425 e. The maximum Gasteiger partial charge on any atom is 0.425 e. The maximum atomic E-state index is 13.4. The molecule has 1 aliphatic carbocycles. The molecule has 14 nitrogen and oxygen atoms in total. The fourth-order valence-corrected chi connectivity index (χ4v) is 6.66. The van der Waals surface area contributed by atoms with Crippen molar-refractivity contribution in [2.75, 3.05) is 33.9 Å². The number of hydrogen-bond donors (Lipinski definition) is 4. The fraction of sp³-hybridized carbons (Fsp3) is 0.475. The lowest BCUT2D eigenvalue weighted by Gasteiger charge is -2.33. The normalized spacial score (nSPS) is 18.1. The molecule has 54 heavy (non-hydrogen) atoms. The van der Waals surface area contributed by atoms with Gasteiger partial charge < -0.3 is 34.6 Å². The minimum Gasteiger partial charge on any atom is -0.453 e. The number of hydrazine groups is 1. The van der Waals surface area contributed by atoms with E-state index >= 15 is 0 Å². The Hall–Kier alpha value is -5.53. The van der Waals surface area contributed by atoms with Gasteiger partial charge in [0, 0.05) is 30.5 Å². The molecule has 2 fully saturated rings.